The number of carbonyl (C=O) groups is 2. The second kappa shape index (κ2) is 9.70. The van der Waals surface area contributed by atoms with Gasteiger partial charge in [-0.2, -0.15) is 0 Å². The van der Waals surface area contributed by atoms with Crippen molar-refractivity contribution in [2.45, 2.75) is 38.4 Å². The van der Waals surface area contributed by atoms with Crippen LogP contribution in [0.5, 0.6) is 0 Å². The van der Waals surface area contributed by atoms with E-state index in [2.05, 4.69) is 13.0 Å². The molecule has 36 heavy (non-hydrogen) atoms. The van der Waals surface area contributed by atoms with Crippen LogP contribution in [0.2, 0.25) is 10.0 Å². The highest BCUT2D eigenvalue weighted by Crippen LogP contribution is 2.49. The molecule has 6 heteroatoms. The number of likely N-dealkylation sites (tertiary alicyclic amines) is 1. The second-order valence-electron chi connectivity index (χ2n) is 9.48. The van der Waals surface area contributed by atoms with Gasteiger partial charge in [0, 0.05) is 11.1 Å². The van der Waals surface area contributed by atoms with Gasteiger partial charge in [0.05, 0.1) is 28.2 Å². The normalized spacial score (nSPS) is 21.7. The lowest BCUT2D eigenvalue weighted by Gasteiger charge is -2.16. The molecule has 1 heterocycles. The monoisotopic (exact) mass is 516 g/mol. The molecule has 4 nitrogen and oxygen atoms in total. The molecular formula is C30H26Cl2N2O2. The minimum atomic E-state index is -0.692. The van der Waals surface area contributed by atoms with Crippen molar-refractivity contribution in [2.24, 2.45) is 5.73 Å². The Kier molecular flexibility index (Phi) is 6.60. The highest BCUT2D eigenvalue weighted by atomic mass is 35.5. The Hall–Kier alpha value is -3.18. The molecule has 0 spiro atoms. The first-order valence-electron chi connectivity index (χ1n) is 11.9. The highest BCUT2D eigenvalue weighted by molar-refractivity contribution is 6.42. The number of amides is 1. The Morgan fingerprint density at radius 2 is 1.50 bits per heavy atom. The van der Waals surface area contributed by atoms with E-state index in [1.165, 1.54) is 5.56 Å². The zero-order valence-electron chi connectivity index (χ0n) is 20.0. The highest BCUT2D eigenvalue weighted by Gasteiger charge is 2.63. The van der Waals surface area contributed by atoms with Gasteiger partial charge in [0.25, 0.3) is 0 Å². The minimum absolute atomic E-state index is 0.0602. The first-order chi connectivity index (χ1) is 17.2. The summed E-state index contributed by atoms with van der Waals surface area (Å²) in [6.45, 7) is 4.10. The summed E-state index contributed by atoms with van der Waals surface area (Å²) in [5.41, 5.74) is 12.5. The quantitative estimate of drug-likeness (QED) is 0.343. The summed E-state index contributed by atoms with van der Waals surface area (Å²) in [4.78, 5) is 28.7. The number of Topliss-reactive ketones (excluding diaryl/α,β-unsaturated/α-hetero) is 1. The topological polar surface area (TPSA) is 63.2 Å². The smallest absolute Gasteiger partial charge is 0.241 e. The van der Waals surface area contributed by atoms with Crippen molar-refractivity contribution in [3.8, 4) is 0 Å². The van der Waals surface area contributed by atoms with Crippen molar-refractivity contribution in [1.29, 1.82) is 0 Å². The van der Waals surface area contributed by atoms with Crippen LogP contribution in [0.1, 0.15) is 27.8 Å². The van der Waals surface area contributed by atoms with Gasteiger partial charge in [0.1, 0.15) is 0 Å². The van der Waals surface area contributed by atoms with Gasteiger partial charge < -0.3 is 10.6 Å². The molecule has 0 aromatic heterocycles. The van der Waals surface area contributed by atoms with Crippen molar-refractivity contribution >= 4 is 47.0 Å². The molecule has 182 valence electrons. The zero-order chi connectivity index (χ0) is 25.6. The van der Waals surface area contributed by atoms with E-state index in [0.29, 0.717) is 27.6 Å². The Morgan fingerprint density at radius 3 is 2.11 bits per heavy atom. The summed E-state index contributed by atoms with van der Waals surface area (Å²) in [6.07, 6.45) is 4.14. The molecule has 0 radical (unpaired) electrons. The Balaban J connectivity index is 1.49. The van der Waals surface area contributed by atoms with Gasteiger partial charge in [0.2, 0.25) is 5.91 Å². The van der Waals surface area contributed by atoms with Crippen LogP contribution >= 0.6 is 23.2 Å². The van der Waals surface area contributed by atoms with Crippen LogP contribution in [0.15, 0.2) is 77.9 Å². The van der Waals surface area contributed by atoms with Gasteiger partial charge >= 0.3 is 0 Å². The molecule has 1 saturated heterocycles. The lowest BCUT2D eigenvalue weighted by atomic mass is 10.0. The van der Waals surface area contributed by atoms with Crippen LogP contribution in [-0.2, 0) is 16.0 Å². The number of aryl methyl sites for hydroxylation is 2. The first-order valence-corrected chi connectivity index (χ1v) is 12.6. The number of rotatable bonds is 5. The molecule has 1 aliphatic carbocycles. The van der Waals surface area contributed by atoms with E-state index in [1.54, 1.807) is 23.1 Å². The van der Waals surface area contributed by atoms with E-state index >= 15 is 0 Å². The van der Waals surface area contributed by atoms with Crippen LogP contribution in [0.3, 0.4) is 0 Å². The van der Waals surface area contributed by atoms with Gasteiger partial charge in [-0.3, -0.25) is 9.59 Å². The van der Waals surface area contributed by atoms with E-state index in [1.807, 2.05) is 61.5 Å². The van der Waals surface area contributed by atoms with Crippen LogP contribution in [0, 0.1) is 13.8 Å². The molecule has 3 aromatic carbocycles. The third-order valence-corrected chi connectivity index (χ3v) is 7.70. The number of fused-ring (bicyclic) bond motifs is 1. The number of benzene rings is 3. The summed E-state index contributed by atoms with van der Waals surface area (Å²) in [6, 6.07) is 19.7. The maximum atomic E-state index is 13.5. The standard InChI is InChI=1S/C30H26Cl2N2O2/c1-17-8-9-20(12-18(17)2)13-22-27-28(23(29(22)35)14-21-10-11-24(31)25(32)15-21)34(27)30(36)26(33)16-19-6-4-3-5-7-19/h3-15,26-28H,16,33H2,1-2H3/b22-13+,23-14+/t26-,27?,28?,34?/m0/s1. The third-order valence-electron chi connectivity index (χ3n) is 6.96. The van der Waals surface area contributed by atoms with E-state index in [9.17, 15) is 9.59 Å². The predicted octanol–water partition coefficient (Wildman–Crippen LogP) is 5.81. The largest absolute Gasteiger partial charge is 0.322 e. The number of nitrogens with two attached hydrogens (primary N) is 1. The molecule has 2 N–H and O–H groups in total. The lowest BCUT2D eigenvalue weighted by molar-refractivity contribution is -0.128. The predicted molar refractivity (Wildman–Crippen MR) is 146 cm³/mol. The number of nitrogens with zero attached hydrogens (tertiary/aromatic N) is 1. The van der Waals surface area contributed by atoms with Gasteiger partial charge in [-0.05, 0) is 72.4 Å². The molecule has 2 unspecified atom stereocenters. The minimum Gasteiger partial charge on any atom is -0.322 e. The van der Waals surface area contributed by atoms with Crippen LogP contribution < -0.4 is 5.73 Å². The van der Waals surface area contributed by atoms with Crippen molar-refractivity contribution in [3.05, 3.63) is 116 Å². The summed E-state index contributed by atoms with van der Waals surface area (Å²) in [5, 5.41) is 0.854. The molecule has 2 aliphatic rings. The Morgan fingerprint density at radius 1 is 0.889 bits per heavy atom. The SMILES string of the molecule is Cc1ccc(/C=C2/C(=O)/C(=C/c3ccc(Cl)c(Cl)c3)C3C2N3C(=O)[C@@H](N)Cc2ccccc2)cc1C. The fraction of sp³-hybridized carbons (Fsp3) is 0.200. The average Bonchev–Trinajstić information content (AvgIpc) is 3.53. The molecule has 5 rings (SSSR count). The first kappa shape index (κ1) is 24.5. The number of hydrogen-bond acceptors (Lipinski definition) is 3. The number of hydrogen-bond donors (Lipinski definition) is 1. The average molecular weight is 517 g/mol. The Labute approximate surface area is 221 Å². The van der Waals surface area contributed by atoms with Crippen molar-refractivity contribution < 1.29 is 9.59 Å². The number of halogens is 2. The van der Waals surface area contributed by atoms with Crippen molar-refractivity contribution in [1.82, 2.24) is 4.90 Å². The number of carbonyl (C=O) groups excluding carboxylic acids is 2. The molecule has 3 atom stereocenters. The molecule has 2 fully saturated rings. The van der Waals surface area contributed by atoms with Gasteiger partial charge in [-0.25, -0.2) is 0 Å². The summed E-state index contributed by atoms with van der Waals surface area (Å²) >= 11 is 12.3. The molecular weight excluding hydrogens is 491 g/mol. The lowest BCUT2D eigenvalue weighted by Crippen LogP contribution is -2.39. The van der Waals surface area contributed by atoms with Gasteiger partial charge in [0.15, 0.2) is 5.78 Å². The van der Waals surface area contributed by atoms with Crippen molar-refractivity contribution in [3.63, 3.8) is 0 Å². The molecule has 1 saturated carbocycles. The molecule has 1 amide bonds. The van der Waals surface area contributed by atoms with E-state index < -0.39 is 6.04 Å². The Bertz CT molecular complexity index is 1350. The molecule has 0 bridgehead atoms. The van der Waals surface area contributed by atoms with E-state index in [4.69, 9.17) is 28.9 Å². The fourth-order valence-electron chi connectivity index (χ4n) is 4.84. The zero-order valence-corrected chi connectivity index (χ0v) is 21.6. The molecule has 3 aromatic rings. The van der Waals surface area contributed by atoms with Gasteiger partial charge in [-0.1, -0.05) is 77.8 Å². The maximum absolute atomic E-state index is 13.5. The maximum Gasteiger partial charge on any atom is 0.241 e. The van der Waals surface area contributed by atoms with Gasteiger partial charge in [-0.15, -0.1) is 0 Å². The summed E-state index contributed by atoms with van der Waals surface area (Å²) in [5.74, 6) is -0.220. The number of ketones is 1. The van der Waals surface area contributed by atoms with Crippen LogP contribution in [0.25, 0.3) is 12.2 Å². The van der Waals surface area contributed by atoms with Crippen LogP contribution in [0.4, 0.5) is 0 Å². The number of piperidine rings is 1. The fourth-order valence-corrected chi connectivity index (χ4v) is 5.15. The summed E-state index contributed by atoms with van der Waals surface area (Å²) in [7, 11) is 0. The van der Waals surface area contributed by atoms with Crippen molar-refractivity contribution in [2.75, 3.05) is 0 Å². The summed E-state index contributed by atoms with van der Waals surface area (Å²) < 4.78 is 0. The van der Waals surface area contributed by atoms with E-state index in [0.717, 1.165) is 22.3 Å². The van der Waals surface area contributed by atoms with Crippen LogP contribution in [-0.4, -0.2) is 34.7 Å². The third kappa shape index (κ3) is 4.64. The van der Waals surface area contributed by atoms with E-state index in [-0.39, 0.29) is 23.8 Å². The second-order valence-corrected chi connectivity index (χ2v) is 10.3. The molecule has 1 aliphatic heterocycles.